The maximum absolute atomic E-state index is 13.1. The molecule has 1 aromatic heterocycles. The number of sulfonamides is 1. The number of nitrogens with one attached hydrogen (secondary N) is 2. The molecule has 0 saturated carbocycles. The van der Waals surface area contributed by atoms with Crippen molar-refractivity contribution in [1.29, 1.82) is 0 Å². The molecule has 0 bridgehead atoms. The summed E-state index contributed by atoms with van der Waals surface area (Å²) in [4.78, 5) is 20.9. The molecule has 1 amide bonds. The number of amides is 1. The minimum Gasteiger partial charge on any atom is -0.353 e. The van der Waals surface area contributed by atoms with Gasteiger partial charge in [-0.05, 0) is 31.2 Å². The number of hydrogen-bond donors (Lipinski definition) is 2. The molecule has 0 fully saturated rings. The lowest BCUT2D eigenvalue weighted by Crippen LogP contribution is -2.26. The molecule has 0 atom stereocenters. The normalized spacial score (nSPS) is 11.8. The predicted molar refractivity (Wildman–Crippen MR) is 106 cm³/mol. The van der Waals surface area contributed by atoms with Crippen LogP contribution in [0.5, 0.6) is 0 Å². The summed E-state index contributed by atoms with van der Waals surface area (Å²) in [6.45, 7) is 1.84. The monoisotopic (exact) mass is 466 g/mol. The second-order valence-corrected chi connectivity index (χ2v) is 8.40. The Morgan fingerprint density at radius 1 is 1.27 bits per heavy atom. The summed E-state index contributed by atoms with van der Waals surface area (Å²) in [6, 6.07) is 3.79. The molecular weight excluding hydrogens is 449 g/mol. The average molecular weight is 467 g/mol. The van der Waals surface area contributed by atoms with Crippen molar-refractivity contribution in [2.24, 2.45) is 0 Å². The van der Waals surface area contributed by atoms with E-state index in [-0.39, 0.29) is 34.4 Å². The smallest absolute Gasteiger partial charge is 0.353 e. The van der Waals surface area contributed by atoms with Gasteiger partial charge in [-0.15, -0.1) is 0 Å². The van der Waals surface area contributed by atoms with Crippen molar-refractivity contribution in [3.05, 3.63) is 46.7 Å². The largest absolute Gasteiger partial charge is 0.416 e. The van der Waals surface area contributed by atoms with Gasteiger partial charge >= 0.3 is 6.18 Å². The summed E-state index contributed by atoms with van der Waals surface area (Å²) in [6.07, 6.45) is -2.70. The second kappa shape index (κ2) is 9.06. The highest BCUT2D eigenvalue weighted by Crippen LogP contribution is 2.37. The zero-order valence-corrected chi connectivity index (χ0v) is 17.6. The molecule has 0 unspecified atom stereocenters. The number of anilines is 3. The summed E-state index contributed by atoms with van der Waals surface area (Å²) < 4.78 is 64.0. The Hall–Kier alpha value is -2.57. The van der Waals surface area contributed by atoms with E-state index in [0.717, 1.165) is 31.6 Å². The molecule has 0 aliphatic heterocycles. The fourth-order valence-corrected chi connectivity index (χ4v) is 2.97. The van der Waals surface area contributed by atoms with Crippen molar-refractivity contribution in [3.63, 3.8) is 0 Å². The van der Waals surface area contributed by atoms with E-state index in [1.807, 2.05) is 0 Å². The van der Waals surface area contributed by atoms with Gasteiger partial charge in [0.25, 0.3) is 5.91 Å². The fourth-order valence-electron chi connectivity index (χ4n) is 2.30. The zero-order chi connectivity index (χ0) is 22.7. The van der Waals surface area contributed by atoms with Crippen LogP contribution in [0.4, 0.5) is 30.2 Å². The lowest BCUT2D eigenvalue weighted by atomic mass is 10.1. The summed E-state index contributed by atoms with van der Waals surface area (Å²) in [5.41, 5.74) is 0.887. The number of benzene rings is 1. The fraction of sp³-hybridized carbons (Fsp3) is 0.294. The van der Waals surface area contributed by atoms with Crippen molar-refractivity contribution in [2.75, 3.05) is 29.5 Å². The molecule has 2 aromatic rings. The van der Waals surface area contributed by atoms with Gasteiger partial charge in [-0.1, -0.05) is 11.6 Å². The van der Waals surface area contributed by atoms with Crippen LogP contribution >= 0.6 is 11.6 Å². The Morgan fingerprint density at radius 3 is 2.50 bits per heavy atom. The minimum atomic E-state index is -4.69. The lowest BCUT2D eigenvalue weighted by molar-refractivity contribution is -0.137. The van der Waals surface area contributed by atoms with Gasteiger partial charge in [0, 0.05) is 13.2 Å². The zero-order valence-electron chi connectivity index (χ0n) is 16.0. The van der Waals surface area contributed by atoms with Gasteiger partial charge in [-0.3, -0.25) is 13.9 Å². The number of nitrogens with zero attached hydrogens (tertiary/aromatic N) is 2. The first-order chi connectivity index (χ1) is 13.8. The molecule has 164 valence electrons. The summed E-state index contributed by atoms with van der Waals surface area (Å²) in [7, 11) is -2.78. The van der Waals surface area contributed by atoms with Crippen LogP contribution in [-0.4, -0.2) is 39.2 Å². The van der Waals surface area contributed by atoms with Crippen LogP contribution < -0.4 is 15.1 Å². The number of pyridine rings is 1. The Labute approximate surface area is 176 Å². The van der Waals surface area contributed by atoms with E-state index in [1.54, 1.807) is 6.92 Å². The molecule has 13 heteroatoms. The molecule has 0 radical (unpaired) electrons. The van der Waals surface area contributed by atoms with E-state index < -0.39 is 27.7 Å². The minimum absolute atomic E-state index is 0.00427. The van der Waals surface area contributed by atoms with Gasteiger partial charge in [-0.2, -0.15) is 13.2 Å². The van der Waals surface area contributed by atoms with Crippen LogP contribution in [0, 0.1) is 0 Å². The number of rotatable bonds is 7. The molecule has 2 rings (SSSR count). The van der Waals surface area contributed by atoms with Crippen LogP contribution in [-0.2, 0) is 21.0 Å². The van der Waals surface area contributed by atoms with E-state index in [2.05, 4.69) is 15.8 Å². The van der Waals surface area contributed by atoms with E-state index in [1.165, 1.54) is 6.07 Å². The third-order valence-corrected chi connectivity index (χ3v) is 5.25. The number of alkyl halides is 3. The third-order valence-electron chi connectivity index (χ3n) is 3.86. The second-order valence-electron chi connectivity index (χ2n) is 6.00. The Balaban J connectivity index is 2.58. The SMILES string of the molecule is CCONC(=O)c1cnc(Cl)cc1Nc1ccc(C(F)(F)F)cc1N(C)S(C)(=O)=O. The van der Waals surface area contributed by atoms with Crippen molar-refractivity contribution in [2.45, 2.75) is 13.1 Å². The van der Waals surface area contributed by atoms with Crippen LogP contribution in [0.3, 0.4) is 0 Å². The Morgan fingerprint density at radius 2 is 1.93 bits per heavy atom. The molecule has 0 aliphatic rings. The number of hydroxylamine groups is 1. The van der Waals surface area contributed by atoms with Crippen molar-refractivity contribution < 1.29 is 31.2 Å². The number of halogens is 4. The standard InChI is InChI=1S/C17H18ClF3N4O4S/c1-4-29-24-16(26)11-9-22-15(18)8-13(11)23-12-6-5-10(17(19,20)21)7-14(12)25(2)30(3,27)28/h5-9H,4H2,1-3H3,(H,22,23)(H,24,26). The Bertz CT molecular complexity index is 1050. The molecule has 0 aliphatic carbocycles. The molecule has 2 N–H and O–H groups in total. The van der Waals surface area contributed by atoms with Crippen LogP contribution in [0.1, 0.15) is 22.8 Å². The average Bonchev–Trinajstić information content (AvgIpc) is 2.64. The van der Waals surface area contributed by atoms with Gasteiger partial charge in [0.05, 0.1) is 41.1 Å². The molecule has 1 aromatic carbocycles. The maximum Gasteiger partial charge on any atom is 0.416 e. The molecular formula is C17H18ClF3N4O4S. The highest BCUT2D eigenvalue weighted by Gasteiger charge is 2.32. The van der Waals surface area contributed by atoms with Gasteiger partial charge < -0.3 is 5.32 Å². The van der Waals surface area contributed by atoms with Crippen LogP contribution in [0.25, 0.3) is 0 Å². The van der Waals surface area contributed by atoms with Crippen molar-refractivity contribution in [1.82, 2.24) is 10.5 Å². The van der Waals surface area contributed by atoms with Crippen molar-refractivity contribution >= 4 is 44.6 Å². The van der Waals surface area contributed by atoms with Crippen LogP contribution in [0.15, 0.2) is 30.5 Å². The number of carbonyl (C=O) groups excluding carboxylic acids is 1. The Kier molecular flexibility index (Phi) is 7.16. The number of carbonyl (C=O) groups is 1. The topological polar surface area (TPSA) is 101 Å². The van der Waals surface area contributed by atoms with Gasteiger partial charge in [-0.25, -0.2) is 18.9 Å². The molecule has 0 spiro atoms. The van der Waals surface area contributed by atoms with Crippen molar-refractivity contribution in [3.8, 4) is 0 Å². The predicted octanol–water partition coefficient (Wildman–Crippen LogP) is 3.57. The highest BCUT2D eigenvalue weighted by atomic mass is 35.5. The number of hydrogen-bond acceptors (Lipinski definition) is 6. The van der Waals surface area contributed by atoms with E-state index in [4.69, 9.17) is 16.4 Å². The summed E-state index contributed by atoms with van der Waals surface area (Å²) >= 11 is 5.88. The maximum atomic E-state index is 13.1. The number of aromatic nitrogens is 1. The molecule has 30 heavy (non-hydrogen) atoms. The van der Waals surface area contributed by atoms with E-state index in [9.17, 15) is 26.4 Å². The molecule has 1 heterocycles. The molecule has 8 nitrogen and oxygen atoms in total. The summed E-state index contributed by atoms with van der Waals surface area (Å²) in [5.74, 6) is -0.687. The highest BCUT2D eigenvalue weighted by molar-refractivity contribution is 7.92. The first kappa shape index (κ1) is 23.7. The summed E-state index contributed by atoms with van der Waals surface area (Å²) in [5, 5.41) is 2.75. The third kappa shape index (κ3) is 5.74. The van der Waals surface area contributed by atoms with Gasteiger partial charge in [0.1, 0.15) is 5.15 Å². The van der Waals surface area contributed by atoms with Crippen LogP contribution in [0.2, 0.25) is 5.15 Å². The lowest BCUT2D eigenvalue weighted by Gasteiger charge is -2.23. The van der Waals surface area contributed by atoms with E-state index >= 15 is 0 Å². The van der Waals surface area contributed by atoms with Gasteiger partial charge in [0.2, 0.25) is 10.0 Å². The van der Waals surface area contributed by atoms with E-state index in [0.29, 0.717) is 10.4 Å². The first-order valence-corrected chi connectivity index (χ1v) is 10.6. The quantitative estimate of drug-likeness (QED) is 0.478. The van der Waals surface area contributed by atoms with Gasteiger partial charge in [0.15, 0.2) is 0 Å². The first-order valence-electron chi connectivity index (χ1n) is 8.34. The molecule has 0 saturated heterocycles.